The van der Waals surface area contributed by atoms with E-state index in [1.165, 1.54) is 18.3 Å². The lowest BCUT2D eigenvalue weighted by Gasteiger charge is -2.11. The Kier molecular flexibility index (Phi) is 4.00. The van der Waals surface area contributed by atoms with Gasteiger partial charge >= 0.3 is 0 Å². The third-order valence-corrected chi connectivity index (χ3v) is 5.16. The number of halogens is 2. The molecule has 3 aromatic rings. The first-order valence-corrected chi connectivity index (χ1v) is 8.85. The molecule has 0 radical (unpaired) electrons. The van der Waals surface area contributed by atoms with E-state index >= 15 is 0 Å². The zero-order valence-electron chi connectivity index (χ0n) is 11.1. The maximum Gasteiger partial charge on any atom is 0.262 e. The molecule has 0 bridgehead atoms. The molecule has 3 rings (SSSR count). The fourth-order valence-corrected chi connectivity index (χ4v) is 3.90. The Bertz CT molecular complexity index is 961. The van der Waals surface area contributed by atoms with E-state index in [0.29, 0.717) is 5.69 Å². The van der Waals surface area contributed by atoms with Crippen molar-refractivity contribution >= 4 is 49.2 Å². The maximum atomic E-state index is 13.8. The largest absolute Gasteiger partial charge is 0.280 e. The average Bonchev–Trinajstić information content (AvgIpc) is 2.47. The van der Waals surface area contributed by atoms with Gasteiger partial charge in [0.15, 0.2) is 0 Å². The van der Waals surface area contributed by atoms with Crippen LogP contribution in [0.1, 0.15) is 0 Å². The first kappa shape index (κ1) is 15.2. The standard InChI is InChI=1S/C15H10FIN2O2S/c16-13-6-7-14(12-5-2-8-18-15(12)13)22(20,21)19-11-4-1-3-10(17)9-11/h1-9,19H. The van der Waals surface area contributed by atoms with E-state index < -0.39 is 15.8 Å². The van der Waals surface area contributed by atoms with Gasteiger partial charge in [0.2, 0.25) is 0 Å². The zero-order valence-corrected chi connectivity index (χ0v) is 14.1. The van der Waals surface area contributed by atoms with E-state index in [1.54, 1.807) is 24.3 Å². The summed E-state index contributed by atoms with van der Waals surface area (Å²) in [7, 11) is -3.83. The van der Waals surface area contributed by atoms with E-state index in [-0.39, 0.29) is 15.8 Å². The monoisotopic (exact) mass is 428 g/mol. The quantitative estimate of drug-likeness (QED) is 0.647. The highest BCUT2D eigenvalue weighted by Gasteiger charge is 2.19. The van der Waals surface area contributed by atoms with E-state index in [9.17, 15) is 12.8 Å². The summed E-state index contributed by atoms with van der Waals surface area (Å²) >= 11 is 2.10. The predicted molar refractivity (Wildman–Crippen MR) is 91.7 cm³/mol. The fraction of sp³-hybridized carbons (Fsp3) is 0. The van der Waals surface area contributed by atoms with Gasteiger partial charge in [0.1, 0.15) is 11.3 Å². The molecule has 1 N–H and O–H groups in total. The number of nitrogens with one attached hydrogen (secondary N) is 1. The van der Waals surface area contributed by atoms with Crippen LogP contribution < -0.4 is 4.72 Å². The van der Waals surface area contributed by atoms with Crippen LogP contribution in [0.5, 0.6) is 0 Å². The number of hydrogen-bond acceptors (Lipinski definition) is 3. The molecule has 0 aliphatic carbocycles. The second-order valence-electron chi connectivity index (χ2n) is 4.56. The van der Waals surface area contributed by atoms with Crippen molar-refractivity contribution in [2.24, 2.45) is 0 Å². The van der Waals surface area contributed by atoms with Gasteiger partial charge in [-0.15, -0.1) is 0 Å². The molecule has 7 heteroatoms. The number of rotatable bonds is 3. The van der Waals surface area contributed by atoms with Gasteiger partial charge in [-0.2, -0.15) is 0 Å². The smallest absolute Gasteiger partial charge is 0.262 e. The van der Waals surface area contributed by atoms with Gasteiger partial charge in [-0.05, 0) is 65.1 Å². The molecule has 112 valence electrons. The van der Waals surface area contributed by atoms with Crippen molar-refractivity contribution in [2.45, 2.75) is 4.90 Å². The van der Waals surface area contributed by atoms with Crippen LogP contribution in [0.2, 0.25) is 0 Å². The Balaban J connectivity index is 2.12. The van der Waals surface area contributed by atoms with Crippen molar-refractivity contribution in [3.05, 3.63) is 64.1 Å². The second kappa shape index (κ2) is 5.81. The maximum absolute atomic E-state index is 13.8. The second-order valence-corrected chi connectivity index (χ2v) is 7.46. The number of benzene rings is 2. The van der Waals surface area contributed by atoms with Crippen molar-refractivity contribution in [3.63, 3.8) is 0 Å². The van der Waals surface area contributed by atoms with Crippen LogP contribution >= 0.6 is 22.6 Å². The molecule has 0 saturated heterocycles. The van der Waals surface area contributed by atoms with Crippen LogP contribution in [0.4, 0.5) is 10.1 Å². The number of pyridine rings is 1. The molecule has 0 unspecified atom stereocenters. The minimum atomic E-state index is -3.83. The number of anilines is 1. The molecule has 1 aromatic heterocycles. The average molecular weight is 428 g/mol. The molecule has 2 aromatic carbocycles. The first-order valence-electron chi connectivity index (χ1n) is 6.29. The summed E-state index contributed by atoms with van der Waals surface area (Å²) < 4.78 is 42.3. The predicted octanol–water partition coefficient (Wildman–Crippen LogP) is 3.78. The molecule has 22 heavy (non-hydrogen) atoms. The first-order chi connectivity index (χ1) is 10.5. The Morgan fingerprint density at radius 3 is 2.68 bits per heavy atom. The summed E-state index contributed by atoms with van der Waals surface area (Å²) in [6.45, 7) is 0. The SMILES string of the molecule is O=S(=O)(Nc1cccc(I)c1)c1ccc(F)c2ncccc12. The molecule has 1 heterocycles. The van der Waals surface area contributed by atoms with E-state index in [0.717, 1.165) is 9.64 Å². The fourth-order valence-electron chi connectivity index (χ4n) is 2.11. The van der Waals surface area contributed by atoms with Crippen LogP contribution in [-0.2, 0) is 10.0 Å². The summed E-state index contributed by atoms with van der Waals surface area (Å²) in [4.78, 5) is 3.90. The summed E-state index contributed by atoms with van der Waals surface area (Å²) in [6.07, 6.45) is 1.43. The minimum absolute atomic E-state index is 0.00383. The number of nitrogens with zero attached hydrogens (tertiary/aromatic N) is 1. The topological polar surface area (TPSA) is 59.1 Å². The number of aromatic nitrogens is 1. The van der Waals surface area contributed by atoms with Crippen molar-refractivity contribution in [2.75, 3.05) is 4.72 Å². The van der Waals surface area contributed by atoms with Gasteiger partial charge in [0.05, 0.1) is 4.90 Å². The summed E-state index contributed by atoms with van der Waals surface area (Å²) in [5.74, 6) is -0.552. The van der Waals surface area contributed by atoms with Gasteiger partial charge in [-0.25, -0.2) is 12.8 Å². The molecular formula is C15H10FIN2O2S. The highest BCUT2D eigenvalue weighted by molar-refractivity contribution is 14.1. The Hall–Kier alpha value is -1.74. The lowest BCUT2D eigenvalue weighted by molar-refractivity contribution is 0.601. The highest BCUT2D eigenvalue weighted by atomic mass is 127. The third kappa shape index (κ3) is 2.91. The van der Waals surface area contributed by atoms with Crippen LogP contribution in [0.3, 0.4) is 0 Å². The summed E-state index contributed by atoms with van der Waals surface area (Å²) in [6, 6.07) is 12.4. The third-order valence-electron chi connectivity index (χ3n) is 3.05. The van der Waals surface area contributed by atoms with Gasteiger partial charge in [0, 0.05) is 20.8 Å². The normalized spacial score (nSPS) is 11.5. The number of hydrogen-bond donors (Lipinski definition) is 1. The van der Waals surface area contributed by atoms with Crippen molar-refractivity contribution in [3.8, 4) is 0 Å². The van der Waals surface area contributed by atoms with Crippen LogP contribution in [0.25, 0.3) is 10.9 Å². The number of fused-ring (bicyclic) bond motifs is 1. The molecular weight excluding hydrogens is 418 g/mol. The molecule has 0 spiro atoms. The van der Waals surface area contributed by atoms with Crippen LogP contribution in [-0.4, -0.2) is 13.4 Å². The Labute approximate surface area is 140 Å². The Morgan fingerprint density at radius 2 is 1.91 bits per heavy atom. The van der Waals surface area contributed by atoms with E-state index in [1.807, 2.05) is 6.07 Å². The molecule has 0 fully saturated rings. The van der Waals surface area contributed by atoms with Crippen molar-refractivity contribution in [1.29, 1.82) is 0 Å². The Morgan fingerprint density at radius 1 is 1.09 bits per heavy atom. The molecule has 0 amide bonds. The van der Waals surface area contributed by atoms with Gasteiger partial charge in [-0.3, -0.25) is 9.71 Å². The van der Waals surface area contributed by atoms with Crippen molar-refractivity contribution < 1.29 is 12.8 Å². The zero-order chi connectivity index (χ0) is 15.7. The molecule has 4 nitrogen and oxygen atoms in total. The van der Waals surface area contributed by atoms with Crippen molar-refractivity contribution in [1.82, 2.24) is 4.98 Å². The number of sulfonamides is 1. The minimum Gasteiger partial charge on any atom is -0.280 e. The lowest BCUT2D eigenvalue weighted by atomic mass is 10.2. The van der Waals surface area contributed by atoms with Crippen LogP contribution in [0.15, 0.2) is 59.6 Å². The molecule has 0 atom stereocenters. The van der Waals surface area contributed by atoms with Crippen LogP contribution in [0, 0.1) is 9.39 Å². The molecule has 0 aliphatic heterocycles. The van der Waals surface area contributed by atoms with Gasteiger partial charge in [0.25, 0.3) is 10.0 Å². The van der Waals surface area contributed by atoms with E-state index in [4.69, 9.17) is 0 Å². The summed E-state index contributed by atoms with van der Waals surface area (Å²) in [5.41, 5.74) is 0.487. The van der Waals surface area contributed by atoms with Gasteiger partial charge < -0.3 is 0 Å². The van der Waals surface area contributed by atoms with E-state index in [2.05, 4.69) is 32.3 Å². The van der Waals surface area contributed by atoms with Gasteiger partial charge in [-0.1, -0.05) is 6.07 Å². The lowest BCUT2D eigenvalue weighted by Crippen LogP contribution is -2.13. The highest BCUT2D eigenvalue weighted by Crippen LogP contribution is 2.26. The molecule has 0 aliphatic rings. The summed E-state index contributed by atoms with van der Waals surface area (Å²) in [5, 5.41) is 0.251. The molecule has 0 saturated carbocycles.